The fourth-order valence-electron chi connectivity index (χ4n) is 1.83. The molecule has 0 spiro atoms. The molecule has 1 amide bonds. The first-order chi connectivity index (χ1) is 8.21. The molecule has 0 aromatic heterocycles. The third-order valence-electron chi connectivity index (χ3n) is 2.97. The minimum atomic E-state index is -2.98. The summed E-state index contributed by atoms with van der Waals surface area (Å²) in [6, 6.07) is -1.11. The Hall–Kier alpha value is -1.15. The van der Waals surface area contributed by atoms with Crippen LogP contribution in [0.5, 0.6) is 0 Å². The number of carbonyl (C=O) groups excluding carboxylic acids is 1. The van der Waals surface area contributed by atoms with Crippen molar-refractivity contribution >= 4 is 21.7 Å². The Morgan fingerprint density at radius 1 is 1.50 bits per heavy atom. The van der Waals surface area contributed by atoms with E-state index < -0.39 is 27.8 Å². The molecule has 0 aromatic carbocycles. The average Bonchev–Trinajstić information content (AvgIpc) is 2.58. The van der Waals surface area contributed by atoms with Crippen molar-refractivity contribution in [3.05, 3.63) is 0 Å². The SMILES string of the molecule is CC(NC(=O)CN(C)C1CCS(=O)(=O)C1)C(=O)O. The number of hydrogen-bond donors (Lipinski definition) is 2. The molecule has 104 valence electrons. The lowest BCUT2D eigenvalue weighted by molar-refractivity contribution is -0.141. The zero-order valence-electron chi connectivity index (χ0n) is 10.4. The molecule has 8 heteroatoms. The smallest absolute Gasteiger partial charge is 0.325 e. The molecule has 1 rings (SSSR count). The predicted molar refractivity (Wildman–Crippen MR) is 64.9 cm³/mol. The number of likely N-dealkylation sites (N-methyl/N-ethyl adjacent to an activating group) is 1. The van der Waals surface area contributed by atoms with Crippen LogP contribution in [0.25, 0.3) is 0 Å². The largest absolute Gasteiger partial charge is 0.480 e. The topological polar surface area (TPSA) is 104 Å². The van der Waals surface area contributed by atoms with Gasteiger partial charge in [-0.05, 0) is 20.4 Å². The quantitative estimate of drug-likeness (QED) is 0.647. The fraction of sp³-hybridized carbons (Fsp3) is 0.800. The van der Waals surface area contributed by atoms with Gasteiger partial charge in [-0.2, -0.15) is 0 Å². The normalized spacial score (nSPS) is 23.8. The molecular weight excluding hydrogens is 260 g/mol. The number of carboxylic acid groups (broad SMARTS) is 1. The molecule has 0 aliphatic carbocycles. The van der Waals surface area contributed by atoms with Gasteiger partial charge in [0.2, 0.25) is 5.91 Å². The van der Waals surface area contributed by atoms with Gasteiger partial charge in [0, 0.05) is 6.04 Å². The monoisotopic (exact) mass is 278 g/mol. The zero-order chi connectivity index (χ0) is 13.9. The molecule has 1 fully saturated rings. The number of rotatable bonds is 5. The van der Waals surface area contributed by atoms with Gasteiger partial charge in [0.05, 0.1) is 18.1 Å². The van der Waals surface area contributed by atoms with E-state index in [-0.39, 0.29) is 24.1 Å². The Balaban J connectivity index is 2.43. The molecule has 2 N–H and O–H groups in total. The van der Waals surface area contributed by atoms with Crippen LogP contribution in [0, 0.1) is 0 Å². The second kappa shape index (κ2) is 5.66. The number of hydrogen-bond acceptors (Lipinski definition) is 5. The lowest BCUT2D eigenvalue weighted by Crippen LogP contribution is -2.45. The van der Waals surface area contributed by atoms with E-state index in [1.165, 1.54) is 6.92 Å². The van der Waals surface area contributed by atoms with Crippen LogP contribution in [0.4, 0.5) is 0 Å². The van der Waals surface area contributed by atoms with Gasteiger partial charge in [0.15, 0.2) is 9.84 Å². The molecule has 1 aliphatic rings. The highest BCUT2D eigenvalue weighted by atomic mass is 32.2. The molecule has 18 heavy (non-hydrogen) atoms. The first-order valence-electron chi connectivity index (χ1n) is 5.64. The Morgan fingerprint density at radius 3 is 2.56 bits per heavy atom. The first kappa shape index (κ1) is 14.9. The summed E-state index contributed by atoms with van der Waals surface area (Å²) in [4.78, 5) is 23.7. The summed E-state index contributed by atoms with van der Waals surface area (Å²) in [5.41, 5.74) is 0. The van der Waals surface area contributed by atoms with Crippen LogP contribution < -0.4 is 5.32 Å². The number of carboxylic acids is 1. The molecule has 1 saturated heterocycles. The van der Waals surface area contributed by atoms with E-state index in [9.17, 15) is 18.0 Å². The highest BCUT2D eigenvalue weighted by Crippen LogP contribution is 2.15. The van der Waals surface area contributed by atoms with Crippen molar-refractivity contribution in [3.63, 3.8) is 0 Å². The molecule has 1 aliphatic heterocycles. The minimum absolute atomic E-state index is 0.00218. The van der Waals surface area contributed by atoms with Crippen LogP contribution in [0.2, 0.25) is 0 Å². The summed E-state index contributed by atoms with van der Waals surface area (Å²) in [5, 5.41) is 11.0. The van der Waals surface area contributed by atoms with Crippen LogP contribution in [-0.2, 0) is 19.4 Å². The summed E-state index contributed by atoms with van der Waals surface area (Å²) in [6.07, 6.45) is 0.514. The first-order valence-corrected chi connectivity index (χ1v) is 7.46. The highest BCUT2D eigenvalue weighted by molar-refractivity contribution is 7.91. The number of nitrogens with zero attached hydrogens (tertiary/aromatic N) is 1. The predicted octanol–water partition coefficient (Wildman–Crippen LogP) is -1.31. The van der Waals surface area contributed by atoms with Gasteiger partial charge < -0.3 is 10.4 Å². The lowest BCUT2D eigenvalue weighted by atomic mass is 10.2. The van der Waals surface area contributed by atoms with E-state index in [1.54, 1.807) is 11.9 Å². The standard InChI is InChI=1S/C10H18N2O5S/c1-7(10(14)15)11-9(13)5-12(2)8-3-4-18(16,17)6-8/h7-8H,3-6H2,1-2H3,(H,11,13)(H,14,15). The van der Waals surface area contributed by atoms with Crippen LogP contribution in [-0.4, -0.2) is 67.5 Å². The zero-order valence-corrected chi connectivity index (χ0v) is 11.2. The second-order valence-corrected chi connectivity index (χ2v) is 6.83. The third-order valence-corrected chi connectivity index (χ3v) is 4.72. The number of carbonyl (C=O) groups is 2. The Labute approximate surface area is 106 Å². The number of amides is 1. The maximum Gasteiger partial charge on any atom is 0.325 e. The third kappa shape index (κ3) is 4.26. The number of aliphatic carboxylic acids is 1. The van der Waals surface area contributed by atoms with Crippen LogP contribution in [0.1, 0.15) is 13.3 Å². The van der Waals surface area contributed by atoms with E-state index >= 15 is 0 Å². The van der Waals surface area contributed by atoms with Gasteiger partial charge in [0.1, 0.15) is 6.04 Å². The molecule has 1 heterocycles. The Morgan fingerprint density at radius 2 is 2.11 bits per heavy atom. The van der Waals surface area contributed by atoms with Crippen molar-refractivity contribution in [2.24, 2.45) is 0 Å². The maximum absolute atomic E-state index is 11.5. The van der Waals surface area contributed by atoms with Crippen LogP contribution in [0.15, 0.2) is 0 Å². The molecule has 2 atom stereocenters. The van der Waals surface area contributed by atoms with Gasteiger partial charge >= 0.3 is 5.97 Å². The Kier molecular flexibility index (Phi) is 4.69. The van der Waals surface area contributed by atoms with Crippen molar-refractivity contribution in [1.29, 1.82) is 0 Å². The summed E-state index contributed by atoms with van der Waals surface area (Å²) in [7, 11) is -1.32. The summed E-state index contributed by atoms with van der Waals surface area (Å²) in [6.45, 7) is 1.37. The van der Waals surface area contributed by atoms with Gasteiger partial charge in [0.25, 0.3) is 0 Å². The van der Waals surface area contributed by atoms with Gasteiger partial charge in [-0.25, -0.2) is 8.42 Å². The second-order valence-electron chi connectivity index (χ2n) is 4.60. The molecule has 0 aromatic rings. The molecule has 0 saturated carbocycles. The van der Waals surface area contributed by atoms with E-state index in [0.717, 1.165) is 0 Å². The van der Waals surface area contributed by atoms with E-state index in [0.29, 0.717) is 6.42 Å². The number of sulfone groups is 1. The van der Waals surface area contributed by atoms with Crippen LogP contribution >= 0.6 is 0 Å². The van der Waals surface area contributed by atoms with Gasteiger partial charge in [-0.15, -0.1) is 0 Å². The Bertz CT molecular complexity index is 434. The average molecular weight is 278 g/mol. The molecule has 0 bridgehead atoms. The van der Waals surface area contributed by atoms with Crippen LogP contribution in [0.3, 0.4) is 0 Å². The van der Waals surface area contributed by atoms with Gasteiger partial charge in [-0.1, -0.05) is 0 Å². The van der Waals surface area contributed by atoms with Crippen molar-refractivity contribution in [1.82, 2.24) is 10.2 Å². The fourth-order valence-corrected chi connectivity index (χ4v) is 3.63. The highest BCUT2D eigenvalue weighted by Gasteiger charge is 2.31. The molecule has 0 radical (unpaired) electrons. The summed E-state index contributed by atoms with van der Waals surface area (Å²) in [5.74, 6) is -1.31. The summed E-state index contributed by atoms with van der Waals surface area (Å²) >= 11 is 0. The summed E-state index contributed by atoms with van der Waals surface area (Å²) < 4.78 is 22.6. The maximum atomic E-state index is 11.5. The van der Waals surface area contributed by atoms with Crippen molar-refractivity contribution in [3.8, 4) is 0 Å². The molecule has 2 unspecified atom stereocenters. The van der Waals surface area contributed by atoms with Crippen molar-refractivity contribution < 1.29 is 23.1 Å². The van der Waals surface area contributed by atoms with Gasteiger partial charge in [-0.3, -0.25) is 14.5 Å². The molecular formula is C10H18N2O5S. The minimum Gasteiger partial charge on any atom is -0.480 e. The molecule has 7 nitrogen and oxygen atoms in total. The van der Waals surface area contributed by atoms with Crippen molar-refractivity contribution in [2.75, 3.05) is 25.1 Å². The number of nitrogens with one attached hydrogen (secondary N) is 1. The lowest BCUT2D eigenvalue weighted by Gasteiger charge is -2.22. The van der Waals surface area contributed by atoms with E-state index in [4.69, 9.17) is 5.11 Å². The van der Waals surface area contributed by atoms with E-state index in [2.05, 4.69) is 5.32 Å². The van der Waals surface area contributed by atoms with Crippen molar-refractivity contribution in [2.45, 2.75) is 25.4 Å². The van der Waals surface area contributed by atoms with E-state index in [1.807, 2.05) is 0 Å².